The Labute approximate surface area is 83.5 Å². The van der Waals surface area contributed by atoms with Crippen molar-refractivity contribution < 1.29 is 5.11 Å². The molecule has 7 nitrogen and oxygen atoms in total. The zero-order valence-corrected chi connectivity index (χ0v) is 7.51. The summed E-state index contributed by atoms with van der Waals surface area (Å²) in [5, 5.41) is 10.2. The van der Waals surface area contributed by atoms with Crippen LogP contribution >= 0.6 is 0 Å². The molecule has 2 N–H and O–H groups in total. The van der Waals surface area contributed by atoms with Gasteiger partial charge in [0, 0.05) is 18.5 Å². The van der Waals surface area contributed by atoms with Crippen molar-refractivity contribution in [3.8, 4) is 5.88 Å². The van der Waals surface area contributed by atoms with Crippen molar-refractivity contribution in [1.29, 1.82) is 0 Å². The molecule has 0 fully saturated rings. The molecule has 0 aliphatic rings. The van der Waals surface area contributed by atoms with Crippen LogP contribution in [0.5, 0.6) is 5.88 Å². The van der Waals surface area contributed by atoms with Gasteiger partial charge in [-0.2, -0.15) is 0 Å². The molecule has 0 amide bonds. The lowest BCUT2D eigenvalue weighted by Crippen LogP contribution is -2.22. The SMILES string of the molecule is O=c1cc([O-])[nH]c(=O)[nH]1.c1cncnc1. The van der Waals surface area contributed by atoms with Crippen LogP contribution in [-0.2, 0) is 0 Å². The van der Waals surface area contributed by atoms with Gasteiger partial charge in [-0.15, -0.1) is 0 Å². The summed E-state index contributed by atoms with van der Waals surface area (Å²) in [6, 6.07) is 2.54. The molecule has 0 unspecified atom stereocenters. The monoisotopic (exact) mass is 207 g/mol. The normalized spacial score (nSPS) is 8.80. The van der Waals surface area contributed by atoms with Crippen molar-refractivity contribution in [3.63, 3.8) is 0 Å². The Balaban J connectivity index is 0.000000162. The van der Waals surface area contributed by atoms with E-state index in [1.54, 1.807) is 18.5 Å². The Bertz CT molecular complexity index is 450. The zero-order valence-electron chi connectivity index (χ0n) is 7.51. The highest BCUT2D eigenvalue weighted by molar-refractivity contribution is 4.99. The summed E-state index contributed by atoms with van der Waals surface area (Å²) < 4.78 is 0. The maximum atomic E-state index is 10.2. The predicted octanol–water partition coefficient (Wildman–Crippen LogP) is -1.39. The van der Waals surface area contributed by atoms with Gasteiger partial charge < -0.3 is 10.1 Å². The Hall–Kier alpha value is -2.44. The van der Waals surface area contributed by atoms with E-state index in [1.807, 2.05) is 9.97 Å². The molecule has 2 heterocycles. The number of aromatic nitrogens is 4. The van der Waals surface area contributed by atoms with E-state index >= 15 is 0 Å². The largest absolute Gasteiger partial charge is 0.860 e. The van der Waals surface area contributed by atoms with Crippen LogP contribution in [0.1, 0.15) is 0 Å². The topological polar surface area (TPSA) is 115 Å². The van der Waals surface area contributed by atoms with E-state index < -0.39 is 17.1 Å². The van der Waals surface area contributed by atoms with Crippen LogP contribution in [-0.4, -0.2) is 19.9 Å². The molecule has 0 aromatic carbocycles. The van der Waals surface area contributed by atoms with Gasteiger partial charge in [0.2, 0.25) is 0 Å². The summed E-state index contributed by atoms with van der Waals surface area (Å²) in [5.41, 5.74) is -1.45. The van der Waals surface area contributed by atoms with Gasteiger partial charge in [-0.05, 0) is 11.9 Å². The lowest BCUT2D eigenvalue weighted by molar-refractivity contribution is -0.275. The lowest BCUT2D eigenvalue weighted by Gasteiger charge is -1.98. The van der Waals surface area contributed by atoms with Gasteiger partial charge >= 0.3 is 5.69 Å². The third kappa shape index (κ3) is 4.36. The predicted molar refractivity (Wildman–Crippen MR) is 49.2 cm³/mol. The maximum Gasteiger partial charge on any atom is 0.325 e. The first kappa shape index (κ1) is 10.6. The van der Waals surface area contributed by atoms with Crippen molar-refractivity contribution in [1.82, 2.24) is 19.9 Å². The Morgan fingerprint density at radius 2 is 1.80 bits per heavy atom. The van der Waals surface area contributed by atoms with Crippen molar-refractivity contribution in [2.45, 2.75) is 0 Å². The second-order valence-corrected chi connectivity index (χ2v) is 2.36. The Morgan fingerprint density at radius 3 is 2.13 bits per heavy atom. The van der Waals surface area contributed by atoms with Gasteiger partial charge in [0.15, 0.2) is 0 Å². The standard InChI is InChI=1S/C4H4N2O3.C4H4N2/c7-2-1-3(8)6-4(9)5-2;1-2-5-4-6-3-1/h1H,(H3,5,6,7,8,9);1-4H/p-1. The van der Waals surface area contributed by atoms with E-state index in [0.717, 1.165) is 6.07 Å². The van der Waals surface area contributed by atoms with E-state index in [1.165, 1.54) is 6.33 Å². The van der Waals surface area contributed by atoms with Crippen LogP contribution in [0.3, 0.4) is 0 Å². The van der Waals surface area contributed by atoms with E-state index in [0.29, 0.717) is 0 Å². The minimum atomic E-state index is -0.771. The number of hydrogen-bond acceptors (Lipinski definition) is 5. The fraction of sp³-hybridized carbons (Fsp3) is 0. The Morgan fingerprint density at radius 1 is 1.13 bits per heavy atom. The first-order valence-corrected chi connectivity index (χ1v) is 3.89. The van der Waals surface area contributed by atoms with Crippen molar-refractivity contribution in [3.05, 3.63) is 51.7 Å². The number of nitrogens with zero attached hydrogens (tertiary/aromatic N) is 2. The molecule has 2 aromatic heterocycles. The Kier molecular flexibility index (Phi) is 3.78. The molecule has 0 saturated heterocycles. The first-order valence-electron chi connectivity index (χ1n) is 3.89. The van der Waals surface area contributed by atoms with E-state index in [-0.39, 0.29) is 0 Å². The molecule has 2 aromatic rings. The smallest absolute Gasteiger partial charge is 0.325 e. The molecule has 7 heteroatoms. The third-order valence-corrected chi connectivity index (χ3v) is 1.21. The highest BCUT2D eigenvalue weighted by atomic mass is 16.3. The van der Waals surface area contributed by atoms with Gasteiger partial charge in [0.25, 0.3) is 5.56 Å². The third-order valence-electron chi connectivity index (χ3n) is 1.21. The van der Waals surface area contributed by atoms with Crippen LogP contribution in [0.4, 0.5) is 0 Å². The number of hydrogen-bond donors (Lipinski definition) is 2. The molecule has 78 valence electrons. The second-order valence-electron chi connectivity index (χ2n) is 2.36. The van der Waals surface area contributed by atoms with Crippen LogP contribution in [0.15, 0.2) is 40.4 Å². The molecule has 0 aliphatic heterocycles. The maximum absolute atomic E-state index is 10.2. The van der Waals surface area contributed by atoms with Crippen LogP contribution in [0, 0.1) is 0 Å². The number of aromatic amines is 2. The molecular formula is C8H7N4O3-. The first-order chi connectivity index (χ1) is 7.18. The second kappa shape index (κ2) is 5.32. The molecule has 0 saturated carbocycles. The quantitative estimate of drug-likeness (QED) is 0.552. The van der Waals surface area contributed by atoms with Crippen molar-refractivity contribution in [2.75, 3.05) is 0 Å². The molecule has 2 rings (SSSR count). The van der Waals surface area contributed by atoms with Gasteiger partial charge in [-0.25, -0.2) is 14.8 Å². The molecular weight excluding hydrogens is 200 g/mol. The minimum absolute atomic E-state index is 0.677. The van der Waals surface area contributed by atoms with Gasteiger partial charge in [-0.1, -0.05) is 0 Å². The summed E-state index contributed by atoms with van der Waals surface area (Å²) >= 11 is 0. The summed E-state index contributed by atoms with van der Waals surface area (Å²) in [6.07, 6.45) is 4.88. The molecule has 0 spiro atoms. The van der Waals surface area contributed by atoms with Crippen LogP contribution < -0.4 is 16.4 Å². The fourth-order valence-corrected chi connectivity index (χ4v) is 0.700. The average molecular weight is 207 g/mol. The van der Waals surface area contributed by atoms with E-state index in [9.17, 15) is 14.7 Å². The highest BCUT2D eigenvalue weighted by Crippen LogP contribution is 1.80. The summed E-state index contributed by atoms with van der Waals surface area (Å²) in [7, 11) is 0. The number of H-pyrrole nitrogens is 2. The zero-order chi connectivity index (χ0) is 11.1. The van der Waals surface area contributed by atoms with Gasteiger partial charge in [0.1, 0.15) is 6.33 Å². The summed E-state index contributed by atoms with van der Waals surface area (Å²) in [6.45, 7) is 0. The highest BCUT2D eigenvalue weighted by Gasteiger charge is 1.82. The van der Waals surface area contributed by atoms with Crippen LogP contribution in [0.2, 0.25) is 0 Å². The summed E-state index contributed by atoms with van der Waals surface area (Å²) in [5.74, 6) is -0.677. The lowest BCUT2D eigenvalue weighted by atomic mass is 10.6. The van der Waals surface area contributed by atoms with Crippen molar-refractivity contribution in [2.24, 2.45) is 0 Å². The minimum Gasteiger partial charge on any atom is -0.860 e. The molecule has 0 aliphatic carbocycles. The molecule has 0 radical (unpaired) electrons. The van der Waals surface area contributed by atoms with E-state index in [2.05, 4.69) is 9.97 Å². The fourth-order valence-electron chi connectivity index (χ4n) is 0.700. The molecule has 0 bridgehead atoms. The van der Waals surface area contributed by atoms with E-state index in [4.69, 9.17) is 0 Å². The van der Waals surface area contributed by atoms with Gasteiger partial charge in [-0.3, -0.25) is 9.78 Å². The summed E-state index contributed by atoms with van der Waals surface area (Å²) in [4.78, 5) is 31.5. The number of rotatable bonds is 0. The molecule has 15 heavy (non-hydrogen) atoms. The van der Waals surface area contributed by atoms with Crippen LogP contribution in [0.25, 0.3) is 0 Å². The van der Waals surface area contributed by atoms with Crippen molar-refractivity contribution >= 4 is 0 Å². The number of nitrogens with one attached hydrogen (secondary N) is 2. The average Bonchev–Trinajstić information content (AvgIpc) is 2.19. The molecule has 0 atom stereocenters. The van der Waals surface area contributed by atoms with Gasteiger partial charge in [0.05, 0.1) is 0 Å².